The Morgan fingerprint density at radius 1 is 1.18 bits per heavy atom. The van der Waals surface area contributed by atoms with Gasteiger partial charge in [0.05, 0.1) is 29.7 Å². The number of hydrogen-bond acceptors (Lipinski definition) is 8. The van der Waals surface area contributed by atoms with Crippen molar-refractivity contribution in [2.45, 2.75) is 35.1 Å². The largest absolute Gasteiger partial charge is 0.488 e. The molecule has 0 radical (unpaired) electrons. The maximum absolute atomic E-state index is 13.6. The van der Waals surface area contributed by atoms with Crippen LogP contribution in [-0.2, 0) is 20.0 Å². The molecule has 0 saturated heterocycles. The normalized spacial score (nSPS) is 18.9. The highest BCUT2D eigenvalue weighted by Gasteiger charge is 2.35. The van der Waals surface area contributed by atoms with Gasteiger partial charge in [0, 0.05) is 30.2 Å². The predicted molar refractivity (Wildman–Crippen MR) is 154 cm³/mol. The highest BCUT2D eigenvalue weighted by atomic mass is 35.5. The minimum absolute atomic E-state index is 0.0339. The number of anilines is 1. The van der Waals surface area contributed by atoms with Crippen LogP contribution in [0.4, 0.5) is 5.69 Å². The van der Waals surface area contributed by atoms with E-state index in [4.69, 9.17) is 16.3 Å². The molecule has 0 fully saturated rings. The lowest BCUT2D eigenvalue weighted by atomic mass is 9.99. The van der Waals surface area contributed by atoms with Gasteiger partial charge >= 0.3 is 0 Å². The van der Waals surface area contributed by atoms with Crippen LogP contribution in [0.3, 0.4) is 0 Å². The highest BCUT2D eigenvalue weighted by molar-refractivity contribution is 7.94. The number of carbonyl (C=O) groups is 1. The fourth-order valence-corrected chi connectivity index (χ4v) is 7.62. The van der Waals surface area contributed by atoms with Gasteiger partial charge in [0.1, 0.15) is 16.1 Å². The molecule has 0 saturated carbocycles. The van der Waals surface area contributed by atoms with Crippen LogP contribution in [0, 0.1) is 5.92 Å². The molecule has 10 nitrogen and oxygen atoms in total. The molecule has 0 spiro atoms. The summed E-state index contributed by atoms with van der Waals surface area (Å²) < 4.78 is 62.1. The van der Waals surface area contributed by atoms with Crippen molar-refractivity contribution >= 4 is 54.6 Å². The van der Waals surface area contributed by atoms with E-state index < -0.39 is 38.1 Å². The first-order valence-corrected chi connectivity index (χ1v) is 16.5. The molecule has 216 valence electrons. The molecule has 1 aromatic heterocycles. The Morgan fingerprint density at radius 2 is 1.88 bits per heavy atom. The Labute approximate surface area is 243 Å². The van der Waals surface area contributed by atoms with E-state index in [-0.39, 0.29) is 51.7 Å². The lowest BCUT2D eigenvalue weighted by molar-refractivity contribution is 0.0387. The van der Waals surface area contributed by atoms with Gasteiger partial charge in [-0.2, -0.15) is 4.31 Å². The summed E-state index contributed by atoms with van der Waals surface area (Å²) in [5.74, 6) is -0.597. The summed E-state index contributed by atoms with van der Waals surface area (Å²) in [6, 6.07) is 12.7. The summed E-state index contributed by atoms with van der Waals surface area (Å²) in [6.45, 7) is 3.38. The van der Waals surface area contributed by atoms with Crippen molar-refractivity contribution in [1.29, 1.82) is 0 Å². The Kier molecular flexibility index (Phi) is 9.12. The number of benzene rings is 2. The molecule has 40 heavy (non-hydrogen) atoms. The summed E-state index contributed by atoms with van der Waals surface area (Å²) >= 11 is 6.98. The SMILES string of the molecule is C[C@@H]1CN([C@@H](C)CO)C(=O)c2cc(NS(=O)(=O)c3cccs3)ccc2O[C@@H]1CN(C)S(=O)(=O)c1ccc(Cl)cc1. The summed E-state index contributed by atoms with van der Waals surface area (Å²) in [7, 11) is -6.29. The molecule has 14 heteroatoms. The Bertz CT molecular complexity index is 1560. The number of hydrogen-bond donors (Lipinski definition) is 2. The number of fused-ring (bicyclic) bond motifs is 1. The van der Waals surface area contributed by atoms with Crippen LogP contribution in [0.25, 0.3) is 0 Å². The maximum atomic E-state index is 13.6. The van der Waals surface area contributed by atoms with Gasteiger partial charge in [-0.25, -0.2) is 16.8 Å². The van der Waals surface area contributed by atoms with Crippen molar-refractivity contribution in [3.05, 3.63) is 70.6 Å². The van der Waals surface area contributed by atoms with E-state index >= 15 is 0 Å². The molecule has 3 atom stereocenters. The molecule has 1 amide bonds. The minimum Gasteiger partial charge on any atom is -0.488 e. The van der Waals surface area contributed by atoms with Crippen LogP contribution < -0.4 is 9.46 Å². The summed E-state index contributed by atoms with van der Waals surface area (Å²) in [6.07, 6.45) is -0.680. The van der Waals surface area contributed by atoms with Crippen LogP contribution in [0.1, 0.15) is 24.2 Å². The molecule has 0 bridgehead atoms. The molecule has 2 aromatic carbocycles. The summed E-state index contributed by atoms with van der Waals surface area (Å²) in [5.41, 5.74) is 0.250. The van der Waals surface area contributed by atoms with E-state index in [1.165, 1.54) is 64.8 Å². The van der Waals surface area contributed by atoms with Crippen molar-refractivity contribution in [3.8, 4) is 5.75 Å². The molecule has 1 aliphatic rings. The lowest BCUT2D eigenvalue weighted by Gasteiger charge is -2.38. The number of likely N-dealkylation sites (N-methyl/N-ethyl adjacent to an activating group) is 1. The minimum atomic E-state index is -3.87. The number of rotatable bonds is 9. The van der Waals surface area contributed by atoms with Gasteiger partial charge in [0.15, 0.2) is 0 Å². The van der Waals surface area contributed by atoms with Crippen molar-refractivity contribution in [3.63, 3.8) is 0 Å². The fraction of sp³-hybridized carbons (Fsp3) is 0.346. The number of carbonyl (C=O) groups excluding carboxylic acids is 1. The first kappa shape index (κ1) is 30.3. The van der Waals surface area contributed by atoms with Crippen molar-refractivity contribution in [2.24, 2.45) is 5.92 Å². The van der Waals surface area contributed by atoms with E-state index in [0.717, 1.165) is 11.3 Å². The summed E-state index contributed by atoms with van der Waals surface area (Å²) in [4.78, 5) is 15.2. The lowest BCUT2D eigenvalue weighted by Crippen LogP contribution is -2.50. The number of nitrogens with zero attached hydrogens (tertiary/aromatic N) is 2. The third kappa shape index (κ3) is 6.45. The van der Waals surface area contributed by atoms with Gasteiger partial charge in [-0.3, -0.25) is 9.52 Å². The number of halogens is 1. The zero-order valence-electron chi connectivity index (χ0n) is 22.0. The number of thiophene rings is 1. The second-order valence-electron chi connectivity index (χ2n) is 9.61. The molecule has 2 heterocycles. The molecular formula is C26H30ClN3O7S3. The van der Waals surface area contributed by atoms with Gasteiger partial charge in [-0.05, 0) is 60.8 Å². The first-order chi connectivity index (χ1) is 18.8. The van der Waals surface area contributed by atoms with Gasteiger partial charge in [0.2, 0.25) is 10.0 Å². The van der Waals surface area contributed by atoms with Crippen LogP contribution in [0.15, 0.2) is 69.1 Å². The molecular weight excluding hydrogens is 598 g/mol. The zero-order valence-corrected chi connectivity index (χ0v) is 25.2. The molecule has 3 aromatic rings. The average Bonchev–Trinajstić information content (AvgIpc) is 3.47. The molecule has 4 rings (SSSR count). The highest BCUT2D eigenvalue weighted by Crippen LogP contribution is 2.32. The van der Waals surface area contributed by atoms with E-state index in [0.29, 0.717) is 5.02 Å². The van der Waals surface area contributed by atoms with Gasteiger partial charge < -0.3 is 14.7 Å². The second kappa shape index (κ2) is 12.0. The van der Waals surface area contributed by atoms with E-state index in [9.17, 15) is 26.7 Å². The van der Waals surface area contributed by atoms with Crippen LogP contribution in [0.2, 0.25) is 5.02 Å². The number of nitrogens with one attached hydrogen (secondary N) is 1. The maximum Gasteiger partial charge on any atom is 0.271 e. The zero-order chi connectivity index (χ0) is 29.2. The number of aliphatic hydroxyl groups excluding tert-OH is 1. The predicted octanol–water partition coefficient (Wildman–Crippen LogP) is 3.74. The topological polar surface area (TPSA) is 133 Å². The Morgan fingerprint density at radius 3 is 2.50 bits per heavy atom. The van der Waals surface area contributed by atoms with E-state index in [1.807, 2.05) is 6.92 Å². The molecule has 0 unspecified atom stereocenters. The number of sulfonamides is 2. The second-order valence-corrected chi connectivity index (χ2v) is 14.9. The monoisotopic (exact) mass is 627 g/mol. The average molecular weight is 628 g/mol. The van der Waals surface area contributed by atoms with Crippen LogP contribution >= 0.6 is 22.9 Å². The van der Waals surface area contributed by atoms with Crippen molar-refractivity contribution in [2.75, 3.05) is 31.5 Å². The number of aliphatic hydroxyl groups is 1. The van der Waals surface area contributed by atoms with Crippen LogP contribution in [-0.4, -0.2) is 75.9 Å². The standard InChI is InChI=1S/C26H30ClN3O7S3/c1-17-14-30(18(2)16-31)26(32)22-13-20(28-39(33,34)25-5-4-12-38-25)8-11-23(22)37-24(17)15-29(3)40(35,36)21-9-6-19(27)7-10-21/h4-13,17-18,24,28,31H,14-16H2,1-3H3/t17-,18+,24-/m1/s1. The fourth-order valence-electron chi connectivity index (χ4n) is 4.26. The van der Waals surface area contributed by atoms with Gasteiger partial charge in [0.25, 0.3) is 15.9 Å². The van der Waals surface area contributed by atoms with Crippen LogP contribution in [0.5, 0.6) is 5.75 Å². The van der Waals surface area contributed by atoms with E-state index in [1.54, 1.807) is 18.4 Å². The number of amides is 1. The Hall–Kier alpha value is -2.68. The summed E-state index contributed by atoms with van der Waals surface area (Å²) in [5, 5.41) is 11.9. The molecule has 1 aliphatic heterocycles. The van der Waals surface area contributed by atoms with Crippen molar-refractivity contribution < 1.29 is 31.5 Å². The quantitative estimate of drug-likeness (QED) is 0.369. The van der Waals surface area contributed by atoms with Gasteiger partial charge in [-0.1, -0.05) is 24.6 Å². The third-order valence-corrected chi connectivity index (χ3v) is 11.5. The molecule has 2 N–H and O–H groups in total. The van der Waals surface area contributed by atoms with E-state index in [2.05, 4.69) is 4.72 Å². The first-order valence-electron chi connectivity index (χ1n) is 12.3. The Balaban J connectivity index is 1.68. The molecule has 0 aliphatic carbocycles. The van der Waals surface area contributed by atoms with Gasteiger partial charge in [-0.15, -0.1) is 11.3 Å². The third-order valence-electron chi connectivity index (χ3n) is 6.64. The number of ether oxygens (including phenoxy) is 1. The smallest absolute Gasteiger partial charge is 0.271 e. The van der Waals surface area contributed by atoms with Crippen molar-refractivity contribution in [1.82, 2.24) is 9.21 Å².